The number of aliphatic hydroxyl groups excluding tert-OH is 1. The van der Waals surface area contributed by atoms with Gasteiger partial charge in [-0.15, -0.1) is 0 Å². The molecule has 0 heterocycles. The van der Waals surface area contributed by atoms with Crippen LogP contribution in [0, 0.1) is 12.8 Å². The van der Waals surface area contributed by atoms with Gasteiger partial charge in [0.25, 0.3) is 0 Å². The van der Waals surface area contributed by atoms with Crippen LogP contribution in [0.3, 0.4) is 0 Å². The lowest BCUT2D eigenvalue weighted by Crippen LogP contribution is -2.14. The Balaban J connectivity index is 2.06. The Morgan fingerprint density at radius 3 is 2.75 bits per heavy atom. The van der Waals surface area contributed by atoms with Crippen LogP contribution in [0.25, 0.3) is 0 Å². The van der Waals surface area contributed by atoms with Crippen LogP contribution < -0.4 is 4.74 Å². The molecule has 1 atom stereocenters. The SMILES string of the molecule is COc1cc(C(O)CC2CCC2)ccc1C. The Labute approximate surface area is 97.3 Å². The molecule has 1 aliphatic rings. The lowest BCUT2D eigenvalue weighted by atomic mass is 9.80. The van der Waals surface area contributed by atoms with Gasteiger partial charge >= 0.3 is 0 Å². The minimum Gasteiger partial charge on any atom is -0.496 e. The fourth-order valence-corrected chi connectivity index (χ4v) is 2.22. The predicted octanol–water partition coefficient (Wildman–Crippen LogP) is 3.23. The molecule has 0 bridgehead atoms. The quantitative estimate of drug-likeness (QED) is 0.844. The average molecular weight is 220 g/mol. The van der Waals surface area contributed by atoms with Crippen molar-refractivity contribution in [3.63, 3.8) is 0 Å². The van der Waals surface area contributed by atoms with Gasteiger partial charge in [0, 0.05) is 0 Å². The van der Waals surface area contributed by atoms with Gasteiger partial charge in [-0.25, -0.2) is 0 Å². The van der Waals surface area contributed by atoms with E-state index in [1.54, 1.807) is 7.11 Å². The lowest BCUT2D eigenvalue weighted by molar-refractivity contribution is 0.118. The van der Waals surface area contributed by atoms with E-state index in [9.17, 15) is 5.11 Å². The van der Waals surface area contributed by atoms with E-state index < -0.39 is 0 Å². The zero-order chi connectivity index (χ0) is 11.5. The molecule has 0 saturated heterocycles. The average Bonchev–Trinajstić information content (AvgIpc) is 2.24. The number of aryl methyl sites for hydroxylation is 1. The smallest absolute Gasteiger partial charge is 0.122 e. The summed E-state index contributed by atoms with van der Waals surface area (Å²) in [6.07, 6.45) is 4.45. The number of methoxy groups -OCH3 is 1. The highest BCUT2D eigenvalue weighted by atomic mass is 16.5. The van der Waals surface area contributed by atoms with Crippen LogP contribution in [0.15, 0.2) is 18.2 Å². The topological polar surface area (TPSA) is 29.5 Å². The summed E-state index contributed by atoms with van der Waals surface area (Å²) in [6.45, 7) is 2.01. The van der Waals surface area contributed by atoms with E-state index in [1.807, 2.05) is 25.1 Å². The van der Waals surface area contributed by atoms with Crippen molar-refractivity contribution < 1.29 is 9.84 Å². The van der Waals surface area contributed by atoms with E-state index in [0.717, 1.165) is 29.2 Å². The normalized spacial score (nSPS) is 17.9. The molecule has 1 fully saturated rings. The van der Waals surface area contributed by atoms with Crippen LogP contribution in [-0.4, -0.2) is 12.2 Å². The summed E-state index contributed by atoms with van der Waals surface area (Å²) >= 11 is 0. The minimum absolute atomic E-state index is 0.334. The van der Waals surface area contributed by atoms with Gasteiger partial charge in [0.05, 0.1) is 13.2 Å². The second-order valence-electron chi connectivity index (χ2n) is 4.78. The Bertz CT molecular complexity index is 356. The molecule has 1 aromatic carbocycles. The molecule has 88 valence electrons. The number of hydrogen-bond acceptors (Lipinski definition) is 2. The molecule has 1 aliphatic carbocycles. The van der Waals surface area contributed by atoms with Gasteiger partial charge in [-0.3, -0.25) is 0 Å². The van der Waals surface area contributed by atoms with Gasteiger partial charge < -0.3 is 9.84 Å². The van der Waals surface area contributed by atoms with E-state index in [0.29, 0.717) is 0 Å². The van der Waals surface area contributed by atoms with Crippen molar-refractivity contribution in [3.05, 3.63) is 29.3 Å². The Morgan fingerprint density at radius 1 is 1.44 bits per heavy atom. The van der Waals surface area contributed by atoms with Gasteiger partial charge in [-0.2, -0.15) is 0 Å². The second kappa shape index (κ2) is 4.88. The van der Waals surface area contributed by atoms with Crippen LogP contribution in [0.1, 0.15) is 42.9 Å². The predicted molar refractivity (Wildman–Crippen MR) is 64.6 cm³/mol. The summed E-state index contributed by atoms with van der Waals surface area (Å²) < 4.78 is 5.27. The van der Waals surface area contributed by atoms with E-state index in [4.69, 9.17) is 4.74 Å². The molecule has 16 heavy (non-hydrogen) atoms. The zero-order valence-corrected chi connectivity index (χ0v) is 10.1. The summed E-state index contributed by atoms with van der Waals surface area (Å²) in [7, 11) is 1.67. The number of rotatable bonds is 4. The number of benzene rings is 1. The molecule has 1 saturated carbocycles. The van der Waals surface area contributed by atoms with Crippen molar-refractivity contribution >= 4 is 0 Å². The summed E-state index contributed by atoms with van der Waals surface area (Å²) in [5, 5.41) is 10.1. The first kappa shape index (κ1) is 11.5. The van der Waals surface area contributed by atoms with Crippen molar-refractivity contribution in [2.75, 3.05) is 7.11 Å². The molecule has 2 rings (SSSR count). The molecule has 1 N–H and O–H groups in total. The number of hydrogen-bond donors (Lipinski definition) is 1. The molecule has 0 spiro atoms. The molecule has 0 radical (unpaired) electrons. The largest absolute Gasteiger partial charge is 0.496 e. The maximum Gasteiger partial charge on any atom is 0.122 e. The highest BCUT2D eigenvalue weighted by Crippen LogP contribution is 2.35. The highest BCUT2D eigenvalue weighted by molar-refractivity contribution is 5.37. The third-order valence-electron chi connectivity index (χ3n) is 3.60. The third kappa shape index (κ3) is 2.38. The number of ether oxygens (including phenoxy) is 1. The van der Waals surface area contributed by atoms with Crippen molar-refractivity contribution in [1.82, 2.24) is 0 Å². The summed E-state index contributed by atoms with van der Waals surface area (Å²) in [4.78, 5) is 0. The third-order valence-corrected chi connectivity index (χ3v) is 3.60. The first-order chi connectivity index (χ1) is 7.70. The maximum absolute atomic E-state index is 10.1. The van der Waals surface area contributed by atoms with E-state index in [-0.39, 0.29) is 6.10 Å². The van der Waals surface area contributed by atoms with Crippen molar-refractivity contribution in [3.8, 4) is 5.75 Å². The fraction of sp³-hybridized carbons (Fsp3) is 0.571. The van der Waals surface area contributed by atoms with Crippen LogP contribution in [0.5, 0.6) is 5.75 Å². The molecular formula is C14H20O2. The standard InChI is InChI=1S/C14H20O2/c1-10-6-7-12(9-14(10)16-2)13(15)8-11-4-3-5-11/h6-7,9,11,13,15H,3-5,8H2,1-2H3. The van der Waals surface area contributed by atoms with Crippen molar-refractivity contribution in [2.45, 2.75) is 38.7 Å². The van der Waals surface area contributed by atoms with Crippen LogP contribution >= 0.6 is 0 Å². The lowest BCUT2D eigenvalue weighted by Gasteiger charge is -2.27. The summed E-state index contributed by atoms with van der Waals surface area (Å²) in [6, 6.07) is 5.97. The Hall–Kier alpha value is -1.02. The molecule has 0 amide bonds. The summed E-state index contributed by atoms with van der Waals surface area (Å²) in [5.74, 6) is 1.59. The Kier molecular flexibility index (Phi) is 3.49. The first-order valence-electron chi connectivity index (χ1n) is 6.03. The zero-order valence-electron chi connectivity index (χ0n) is 10.1. The van der Waals surface area contributed by atoms with E-state index in [1.165, 1.54) is 19.3 Å². The fourth-order valence-electron chi connectivity index (χ4n) is 2.22. The van der Waals surface area contributed by atoms with Gasteiger partial charge in [-0.05, 0) is 36.5 Å². The monoisotopic (exact) mass is 220 g/mol. The molecule has 1 aromatic rings. The maximum atomic E-state index is 10.1. The molecule has 0 aliphatic heterocycles. The van der Waals surface area contributed by atoms with Gasteiger partial charge in [0.15, 0.2) is 0 Å². The van der Waals surface area contributed by atoms with Crippen LogP contribution in [-0.2, 0) is 0 Å². The van der Waals surface area contributed by atoms with Gasteiger partial charge in [0.2, 0.25) is 0 Å². The molecule has 2 heteroatoms. The molecule has 0 aromatic heterocycles. The Morgan fingerprint density at radius 2 is 2.19 bits per heavy atom. The van der Waals surface area contributed by atoms with E-state index in [2.05, 4.69) is 0 Å². The molecule has 1 unspecified atom stereocenters. The first-order valence-corrected chi connectivity index (χ1v) is 6.03. The van der Waals surface area contributed by atoms with Crippen LogP contribution in [0.4, 0.5) is 0 Å². The van der Waals surface area contributed by atoms with Gasteiger partial charge in [-0.1, -0.05) is 31.4 Å². The van der Waals surface area contributed by atoms with E-state index >= 15 is 0 Å². The van der Waals surface area contributed by atoms with Crippen LogP contribution in [0.2, 0.25) is 0 Å². The highest BCUT2D eigenvalue weighted by Gasteiger charge is 2.22. The van der Waals surface area contributed by atoms with Gasteiger partial charge in [0.1, 0.15) is 5.75 Å². The number of aliphatic hydroxyl groups is 1. The molecular weight excluding hydrogens is 200 g/mol. The summed E-state index contributed by atoms with van der Waals surface area (Å²) in [5.41, 5.74) is 2.09. The van der Waals surface area contributed by atoms with Crippen molar-refractivity contribution in [2.24, 2.45) is 5.92 Å². The van der Waals surface area contributed by atoms with Crippen molar-refractivity contribution in [1.29, 1.82) is 0 Å². The second-order valence-corrected chi connectivity index (χ2v) is 4.78. The molecule has 2 nitrogen and oxygen atoms in total. The minimum atomic E-state index is -0.334.